The number of β-amino-alcohol motifs (C(OH)–C–C–N with tert-alkyl or cyclic N) is 1. The van der Waals surface area contributed by atoms with E-state index in [1.54, 1.807) is 0 Å². The first-order chi connectivity index (χ1) is 6.74. The van der Waals surface area contributed by atoms with Crippen LogP contribution in [0.1, 0.15) is 34.1 Å². The van der Waals surface area contributed by atoms with Crippen molar-refractivity contribution in [3.8, 4) is 0 Å². The van der Waals surface area contributed by atoms with Crippen molar-refractivity contribution in [2.45, 2.75) is 39.7 Å². The summed E-state index contributed by atoms with van der Waals surface area (Å²) in [5, 5.41) is 9.89. The fourth-order valence-corrected chi connectivity index (χ4v) is 2.77. The van der Waals surface area contributed by atoms with Gasteiger partial charge in [0.25, 0.3) is 0 Å². The van der Waals surface area contributed by atoms with Crippen molar-refractivity contribution in [3.63, 3.8) is 0 Å². The van der Waals surface area contributed by atoms with Gasteiger partial charge in [-0.25, -0.2) is 0 Å². The van der Waals surface area contributed by atoms with E-state index in [0.29, 0.717) is 11.3 Å². The Bertz CT molecular complexity index is 210. The highest BCUT2D eigenvalue weighted by Crippen LogP contribution is 2.30. The van der Waals surface area contributed by atoms with Gasteiger partial charge in [-0.05, 0) is 30.4 Å². The van der Waals surface area contributed by atoms with Gasteiger partial charge < -0.3 is 10.0 Å². The number of thiol groups is 1. The van der Waals surface area contributed by atoms with E-state index in [2.05, 4.69) is 38.3 Å². The molecule has 1 aliphatic rings. The molecule has 1 saturated heterocycles. The van der Waals surface area contributed by atoms with E-state index < -0.39 is 5.60 Å². The fourth-order valence-electron chi connectivity index (χ4n) is 2.11. The Morgan fingerprint density at radius 1 is 1.47 bits per heavy atom. The van der Waals surface area contributed by atoms with E-state index in [1.165, 1.54) is 0 Å². The number of rotatable bonds is 3. The Morgan fingerprint density at radius 2 is 2.07 bits per heavy atom. The quantitative estimate of drug-likeness (QED) is 0.726. The van der Waals surface area contributed by atoms with Gasteiger partial charge in [-0.2, -0.15) is 12.6 Å². The predicted molar refractivity (Wildman–Crippen MR) is 68.5 cm³/mol. The van der Waals surface area contributed by atoms with Gasteiger partial charge in [-0.15, -0.1) is 0 Å². The van der Waals surface area contributed by atoms with Crippen LogP contribution in [0, 0.1) is 11.3 Å². The lowest BCUT2D eigenvalue weighted by atomic mass is 9.81. The van der Waals surface area contributed by atoms with Crippen LogP contribution in [0.3, 0.4) is 0 Å². The SMILES string of the molecule is CC1(O)CCN(CC(CS)C(C)(C)C)C1. The van der Waals surface area contributed by atoms with Crippen LogP contribution in [0.25, 0.3) is 0 Å². The van der Waals surface area contributed by atoms with Crippen molar-refractivity contribution >= 4 is 12.6 Å². The van der Waals surface area contributed by atoms with E-state index in [-0.39, 0.29) is 0 Å². The second kappa shape index (κ2) is 4.64. The average Bonchev–Trinajstić information content (AvgIpc) is 2.39. The molecule has 0 aliphatic carbocycles. The summed E-state index contributed by atoms with van der Waals surface area (Å²) in [6, 6.07) is 0. The molecule has 1 aliphatic heterocycles. The van der Waals surface area contributed by atoms with E-state index >= 15 is 0 Å². The molecule has 0 aromatic heterocycles. The molecular formula is C12H25NOS. The third kappa shape index (κ3) is 3.97. The molecule has 2 nitrogen and oxygen atoms in total. The van der Waals surface area contributed by atoms with E-state index in [9.17, 15) is 5.11 Å². The molecule has 0 amide bonds. The Morgan fingerprint density at radius 3 is 2.40 bits per heavy atom. The van der Waals surface area contributed by atoms with Crippen LogP contribution >= 0.6 is 12.6 Å². The molecule has 2 unspecified atom stereocenters. The molecule has 90 valence electrons. The minimum absolute atomic E-state index is 0.302. The molecule has 1 fully saturated rings. The first-order valence-electron chi connectivity index (χ1n) is 5.80. The highest BCUT2D eigenvalue weighted by atomic mass is 32.1. The first-order valence-corrected chi connectivity index (χ1v) is 6.43. The van der Waals surface area contributed by atoms with Gasteiger partial charge in [-0.3, -0.25) is 0 Å². The summed E-state index contributed by atoms with van der Waals surface area (Å²) in [6.45, 7) is 11.6. The van der Waals surface area contributed by atoms with E-state index in [0.717, 1.165) is 31.8 Å². The van der Waals surface area contributed by atoms with Crippen LogP contribution in [0.2, 0.25) is 0 Å². The third-order valence-electron chi connectivity index (χ3n) is 3.45. The summed E-state index contributed by atoms with van der Waals surface area (Å²) in [6.07, 6.45) is 0.899. The maximum atomic E-state index is 9.89. The van der Waals surface area contributed by atoms with Crippen LogP contribution in [-0.4, -0.2) is 41.0 Å². The fraction of sp³-hybridized carbons (Fsp3) is 1.00. The van der Waals surface area contributed by atoms with Crippen LogP contribution in [-0.2, 0) is 0 Å². The maximum Gasteiger partial charge on any atom is 0.0758 e. The molecule has 3 heteroatoms. The van der Waals surface area contributed by atoms with Crippen molar-refractivity contribution in [1.82, 2.24) is 4.90 Å². The molecule has 1 N–H and O–H groups in total. The molecule has 0 aromatic rings. The molecular weight excluding hydrogens is 206 g/mol. The molecule has 0 saturated carbocycles. The van der Waals surface area contributed by atoms with Gasteiger partial charge >= 0.3 is 0 Å². The lowest BCUT2D eigenvalue weighted by Crippen LogP contribution is -2.37. The Balaban J connectivity index is 2.48. The highest BCUT2D eigenvalue weighted by molar-refractivity contribution is 7.80. The van der Waals surface area contributed by atoms with Crippen molar-refractivity contribution in [2.24, 2.45) is 11.3 Å². The molecule has 1 rings (SSSR count). The normalized spacial score (nSPS) is 30.8. The maximum absolute atomic E-state index is 9.89. The van der Waals surface area contributed by atoms with Crippen LogP contribution in [0.15, 0.2) is 0 Å². The van der Waals surface area contributed by atoms with E-state index in [4.69, 9.17) is 0 Å². The second-order valence-electron chi connectivity index (χ2n) is 6.23. The molecule has 1 heterocycles. The minimum Gasteiger partial charge on any atom is -0.389 e. The smallest absolute Gasteiger partial charge is 0.0758 e. The lowest BCUT2D eigenvalue weighted by Gasteiger charge is -2.33. The van der Waals surface area contributed by atoms with Gasteiger partial charge in [0, 0.05) is 19.6 Å². The Labute approximate surface area is 99.5 Å². The summed E-state index contributed by atoms with van der Waals surface area (Å²) < 4.78 is 0. The number of likely N-dealkylation sites (tertiary alicyclic amines) is 1. The topological polar surface area (TPSA) is 23.5 Å². The number of hydrogen-bond donors (Lipinski definition) is 2. The summed E-state index contributed by atoms with van der Waals surface area (Å²) in [4.78, 5) is 2.37. The highest BCUT2D eigenvalue weighted by Gasteiger charge is 2.34. The van der Waals surface area contributed by atoms with Gasteiger partial charge in [0.05, 0.1) is 5.60 Å². The summed E-state index contributed by atoms with van der Waals surface area (Å²) in [7, 11) is 0. The predicted octanol–water partition coefficient (Wildman–Crippen LogP) is 2.04. The monoisotopic (exact) mass is 231 g/mol. The molecule has 2 atom stereocenters. The van der Waals surface area contributed by atoms with Crippen molar-refractivity contribution in [2.75, 3.05) is 25.4 Å². The van der Waals surface area contributed by atoms with Gasteiger partial charge in [0.15, 0.2) is 0 Å². The summed E-state index contributed by atoms with van der Waals surface area (Å²) in [5.74, 6) is 1.51. The number of nitrogens with zero attached hydrogens (tertiary/aromatic N) is 1. The van der Waals surface area contributed by atoms with Crippen molar-refractivity contribution in [1.29, 1.82) is 0 Å². The third-order valence-corrected chi connectivity index (χ3v) is 3.90. The van der Waals surface area contributed by atoms with Crippen molar-refractivity contribution in [3.05, 3.63) is 0 Å². The van der Waals surface area contributed by atoms with Gasteiger partial charge in [0.2, 0.25) is 0 Å². The summed E-state index contributed by atoms with van der Waals surface area (Å²) >= 11 is 4.44. The molecule has 15 heavy (non-hydrogen) atoms. The zero-order valence-electron chi connectivity index (χ0n) is 10.5. The van der Waals surface area contributed by atoms with Gasteiger partial charge in [0.1, 0.15) is 0 Å². The van der Waals surface area contributed by atoms with Crippen LogP contribution in [0.5, 0.6) is 0 Å². The van der Waals surface area contributed by atoms with Crippen LogP contribution < -0.4 is 0 Å². The molecule has 0 spiro atoms. The Kier molecular flexibility index (Phi) is 4.13. The number of hydrogen-bond acceptors (Lipinski definition) is 3. The summed E-state index contributed by atoms with van der Waals surface area (Å²) in [5.41, 5.74) is -0.171. The standard InChI is InChI=1S/C12H25NOS/c1-11(2,3)10(8-15)7-13-6-5-12(4,14)9-13/h10,14-15H,5-9H2,1-4H3. The zero-order valence-corrected chi connectivity index (χ0v) is 11.3. The largest absolute Gasteiger partial charge is 0.389 e. The second-order valence-corrected chi connectivity index (χ2v) is 6.59. The zero-order chi connectivity index (χ0) is 11.7. The minimum atomic E-state index is -0.473. The molecule has 0 bridgehead atoms. The average molecular weight is 231 g/mol. The van der Waals surface area contributed by atoms with Crippen molar-refractivity contribution < 1.29 is 5.11 Å². The van der Waals surface area contributed by atoms with E-state index in [1.807, 2.05) is 6.92 Å². The molecule has 0 aromatic carbocycles. The molecule has 0 radical (unpaired) electrons. The number of aliphatic hydroxyl groups is 1. The lowest BCUT2D eigenvalue weighted by molar-refractivity contribution is 0.0635. The Hall–Kier alpha value is 0.270. The van der Waals surface area contributed by atoms with Crippen LogP contribution in [0.4, 0.5) is 0 Å². The van der Waals surface area contributed by atoms with Gasteiger partial charge in [-0.1, -0.05) is 20.8 Å². The first kappa shape index (κ1) is 13.3.